The highest BCUT2D eigenvalue weighted by atomic mass is 19.1. The number of halogens is 1. The Morgan fingerprint density at radius 1 is 1.29 bits per heavy atom. The summed E-state index contributed by atoms with van der Waals surface area (Å²) in [5.74, 6) is 6.07. The molecule has 0 bridgehead atoms. The van der Waals surface area contributed by atoms with Gasteiger partial charge < -0.3 is 4.90 Å². The molecular weight excluding hydrogens is 307 g/mol. The number of aromatic nitrogens is 2. The molecule has 0 saturated carbocycles. The second-order valence-electron chi connectivity index (χ2n) is 5.39. The number of rotatable bonds is 2. The van der Waals surface area contributed by atoms with Crippen LogP contribution in [0.3, 0.4) is 0 Å². The first-order valence-electron chi connectivity index (χ1n) is 7.59. The van der Waals surface area contributed by atoms with Gasteiger partial charge >= 0.3 is 0 Å². The molecule has 0 spiro atoms. The standard InChI is InChI=1S/C18H15FN4O/c19-16-11-15(12-20-13-16)4-1-3-14-6-9-23(10-7-14)18-17(22-24)5-2-8-21-18/h2-3,5,8,11-13H,6-7,9-10H2. The van der Waals surface area contributed by atoms with Crippen molar-refractivity contribution >= 4 is 11.5 Å². The number of pyridine rings is 2. The summed E-state index contributed by atoms with van der Waals surface area (Å²) in [6.07, 6.45) is 7.90. The molecule has 0 atom stereocenters. The number of hydrogen-bond acceptors (Lipinski definition) is 5. The van der Waals surface area contributed by atoms with Gasteiger partial charge in [0.25, 0.3) is 0 Å². The van der Waals surface area contributed by atoms with Gasteiger partial charge in [0.2, 0.25) is 0 Å². The number of nitroso groups, excluding NO2 is 1. The highest BCUT2D eigenvalue weighted by Crippen LogP contribution is 2.28. The second-order valence-corrected chi connectivity index (χ2v) is 5.39. The summed E-state index contributed by atoms with van der Waals surface area (Å²) in [7, 11) is 0. The fourth-order valence-corrected chi connectivity index (χ4v) is 2.56. The van der Waals surface area contributed by atoms with Crippen LogP contribution in [-0.4, -0.2) is 23.1 Å². The van der Waals surface area contributed by atoms with Gasteiger partial charge in [-0.1, -0.05) is 17.4 Å². The Morgan fingerprint density at radius 2 is 2.12 bits per heavy atom. The van der Waals surface area contributed by atoms with E-state index in [9.17, 15) is 9.30 Å². The van der Waals surface area contributed by atoms with Crippen molar-refractivity contribution < 1.29 is 4.39 Å². The smallest absolute Gasteiger partial charge is 0.158 e. The van der Waals surface area contributed by atoms with Crippen LogP contribution in [0.25, 0.3) is 0 Å². The quantitative estimate of drug-likeness (QED) is 0.626. The minimum Gasteiger partial charge on any atom is -0.354 e. The van der Waals surface area contributed by atoms with Gasteiger partial charge in [-0.05, 0) is 42.3 Å². The Bertz CT molecular complexity index is 828. The van der Waals surface area contributed by atoms with Crippen molar-refractivity contribution in [3.8, 4) is 11.8 Å². The maximum atomic E-state index is 13.0. The zero-order valence-corrected chi connectivity index (χ0v) is 12.9. The summed E-state index contributed by atoms with van der Waals surface area (Å²) in [5.41, 5.74) is 2.14. The summed E-state index contributed by atoms with van der Waals surface area (Å²) in [5, 5.41) is 3.03. The molecule has 1 aliphatic rings. The maximum absolute atomic E-state index is 13.0. The molecule has 2 aromatic heterocycles. The lowest BCUT2D eigenvalue weighted by molar-refractivity contribution is 0.621. The average molecular weight is 322 g/mol. The van der Waals surface area contributed by atoms with E-state index in [0.29, 0.717) is 17.1 Å². The van der Waals surface area contributed by atoms with Crippen molar-refractivity contribution in [1.29, 1.82) is 0 Å². The molecular formula is C18H15FN4O. The number of piperidine rings is 1. The molecule has 1 aliphatic heterocycles. The van der Waals surface area contributed by atoms with Gasteiger partial charge in [0.15, 0.2) is 5.82 Å². The Hall–Kier alpha value is -3.07. The minimum atomic E-state index is -0.391. The second kappa shape index (κ2) is 7.47. The molecule has 1 fully saturated rings. The molecule has 5 nitrogen and oxygen atoms in total. The van der Waals surface area contributed by atoms with E-state index >= 15 is 0 Å². The van der Waals surface area contributed by atoms with Gasteiger partial charge in [0.1, 0.15) is 11.5 Å². The largest absolute Gasteiger partial charge is 0.354 e. The van der Waals surface area contributed by atoms with Crippen LogP contribution in [0, 0.1) is 22.6 Å². The zero-order chi connectivity index (χ0) is 16.8. The van der Waals surface area contributed by atoms with Gasteiger partial charge in [-0.3, -0.25) is 4.98 Å². The Balaban J connectivity index is 1.64. The van der Waals surface area contributed by atoms with E-state index in [4.69, 9.17) is 0 Å². The zero-order valence-electron chi connectivity index (χ0n) is 12.9. The van der Waals surface area contributed by atoms with Gasteiger partial charge in [-0.2, -0.15) is 0 Å². The number of nitrogens with zero attached hydrogens (tertiary/aromatic N) is 4. The predicted molar refractivity (Wildman–Crippen MR) is 90.3 cm³/mol. The van der Waals surface area contributed by atoms with Crippen molar-refractivity contribution in [3.63, 3.8) is 0 Å². The Morgan fingerprint density at radius 3 is 2.88 bits per heavy atom. The van der Waals surface area contributed by atoms with E-state index in [1.807, 2.05) is 6.08 Å². The summed E-state index contributed by atoms with van der Waals surface area (Å²) in [4.78, 5) is 20.9. The molecule has 1 saturated heterocycles. The lowest BCUT2D eigenvalue weighted by Crippen LogP contribution is -2.31. The van der Waals surface area contributed by atoms with E-state index in [2.05, 4.69) is 31.9 Å². The molecule has 3 heterocycles. The van der Waals surface area contributed by atoms with Crippen LogP contribution in [0.2, 0.25) is 0 Å². The molecule has 120 valence electrons. The summed E-state index contributed by atoms with van der Waals surface area (Å²) < 4.78 is 13.0. The Labute approximate surface area is 139 Å². The van der Waals surface area contributed by atoms with Crippen LogP contribution in [-0.2, 0) is 0 Å². The number of hydrogen-bond donors (Lipinski definition) is 0. The van der Waals surface area contributed by atoms with E-state index in [-0.39, 0.29) is 0 Å². The Kier molecular flexibility index (Phi) is 4.92. The number of anilines is 1. The molecule has 24 heavy (non-hydrogen) atoms. The monoisotopic (exact) mass is 322 g/mol. The van der Waals surface area contributed by atoms with Crippen molar-refractivity contribution in [1.82, 2.24) is 9.97 Å². The van der Waals surface area contributed by atoms with Crippen molar-refractivity contribution in [3.05, 3.63) is 64.7 Å². The molecule has 0 radical (unpaired) electrons. The molecule has 6 heteroatoms. The fraction of sp³-hybridized carbons (Fsp3) is 0.222. The van der Waals surface area contributed by atoms with Crippen LogP contribution < -0.4 is 4.90 Å². The summed E-state index contributed by atoms with van der Waals surface area (Å²) in [6, 6.07) is 4.72. The van der Waals surface area contributed by atoms with Gasteiger partial charge in [-0.15, -0.1) is 4.91 Å². The van der Waals surface area contributed by atoms with Crippen molar-refractivity contribution in [2.75, 3.05) is 18.0 Å². The molecule has 0 amide bonds. The third-order valence-electron chi connectivity index (χ3n) is 3.77. The van der Waals surface area contributed by atoms with E-state index < -0.39 is 5.82 Å². The highest BCUT2D eigenvalue weighted by molar-refractivity contribution is 5.61. The van der Waals surface area contributed by atoms with Gasteiger partial charge in [0, 0.05) is 31.0 Å². The normalized spacial score (nSPS) is 13.9. The van der Waals surface area contributed by atoms with Crippen LogP contribution in [0.15, 0.2) is 53.6 Å². The minimum absolute atomic E-state index is 0.364. The first kappa shape index (κ1) is 15.8. The topological polar surface area (TPSA) is 58.5 Å². The highest BCUT2D eigenvalue weighted by Gasteiger charge is 2.18. The maximum Gasteiger partial charge on any atom is 0.158 e. The van der Waals surface area contributed by atoms with E-state index in [0.717, 1.165) is 32.1 Å². The van der Waals surface area contributed by atoms with Crippen LogP contribution in [0.4, 0.5) is 15.9 Å². The lowest BCUT2D eigenvalue weighted by atomic mass is 10.0. The summed E-state index contributed by atoms with van der Waals surface area (Å²) >= 11 is 0. The molecule has 2 aromatic rings. The third-order valence-corrected chi connectivity index (χ3v) is 3.77. The van der Waals surface area contributed by atoms with E-state index in [1.54, 1.807) is 18.3 Å². The fourth-order valence-electron chi connectivity index (χ4n) is 2.56. The van der Waals surface area contributed by atoms with Gasteiger partial charge in [-0.25, -0.2) is 9.37 Å². The van der Waals surface area contributed by atoms with Crippen LogP contribution >= 0.6 is 0 Å². The van der Waals surface area contributed by atoms with Crippen molar-refractivity contribution in [2.45, 2.75) is 12.8 Å². The SMILES string of the molecule is O=Nc1cccnc1N1CCC(=CC#Cc2cncc(F)c2)CC1. The number of allylic oxidation sites excluding steroid dienone is 1. The molecule has 0 unspecified atom stereocenters. The van der Waals surface area contributed by atoms with E-state index in [1.165, 1.54) is 17.8 Å². The first-order chi connectivity index (χ1) is 11.8. The molecule has 0 aliphatic carbocycles. The predicted octanol–water partition coefficient (Wildman–Crippen LogP) is 3.59. The van der Waals surface area contributed by atoms with Crippen LogP contribution in [0.5, 0.6) is 0 Å². The average Bonchev–Trinajstić information content (AvgIpc) is 2.62. The first-order valence-corrected chi connectivity index (χ1v) is 7.59. The third kappa shape index (κ3) is 3.82. The lowest BCUT2D eigenvalue weighted by Gasteiger charge is -2.29. The summed E-state index contributed by atoms with van der Waals surface area (Å²) in [6.45, 7) is 1.52. The molecule has 0 aromatic carbocycles. The van der Waals surface area contributed by atoms with Crippen LogP contribution in [0.1, 0.15) is 18.4 Å². The molecule has 3 rings (SSSR count). The van der Waals surface area contributed by atoms with Crippen molar-refractivity contribution in [2.24, 2.45) is 5.18 Å². The van der Waals surface area contributed by atoms with Gasteiger partial charge in [0.05, 0.1) is 6.20 Å². The molecule has 0 N–H and O–H groups in total.